The second-order valence-corrected chi connectivity index (χ2v) is 7.18. The van der Waals surface area contributed by atoms with Crippen molar-refractivity contribution in [3.8, 4) is 0 Å². The molecule has 0 unspecified atom stereocenters. The van der Waals surface area contributed by atoms with Gasteiger partial charge in [0.2, 0.25) is 0 Å². The van der Waals surface area contributed by atoms with Gasteiger partial charge in [-0.2, -0.15) is 0 Å². The van der Waals surface area contributed by atoms with E-state index in [0.29, 0.717) is 10.7 Å². The van der Waals surface area contributed by atoms with Gasteiger partial charge in [-0.25, -0.2) is 8.42 Å². The Bertz CT molecular complexity index is 804. The Balaban J connectivity index is 2.38. The van der Waals surface area contributed by atoms with Gasteiger partial charge in [0.25, 0.3) is 5.91 Å². The molecule has 0 aliphatic rings. The molecule has 0 radical (unpaired) electrons. The summed E-state index contributed by atoms with van der Waals surface area (Å²) in [6, 6.07) is 10.7. The average Bonchev–Trinajstić information content (AvgIpc) is 2.40. The minimum atomic E-state index is -3.42. The molecule has 2 aromatic rings. The third-order valence-electron chi connectivity index (χ3n) is 2.73. The van der Waals surface area contributed by atoms with Crippen molar-refractivity contribution in [1.29, 1.82) is 0 Å². The van der Waals surface area contributed by atoms with Gasteiger partial charge in [-0.1, -0.05) is 35.3 Å². The van der Waals surface area contributed by atoms with E-state index in [1.165, 1.54) is 18.2 Å². The molecule has 0 saturated heterocycles. The first-order valence-electron chi connectivity index (χ1n) is 5.84. The summed E-state index contributed by atoms with van der Waals surface area (Å²) in [5, 5.41) is 3.13. The van der Waals surface area contributed by atoms with Crippen molar-refractivity contribution in [3.05, 3.63) is 58.1 Å². The molecule has 0 heterocycles. The smallest absolute Gasteiger partial charge is 0.257 e. The number of carbonyl (C=O) groups excluding carboxylic acids is 1. The second-order valence-electron chi connectivity index (χ2n) is 4.35. The standard InChI is InChI=1S/C14H11Cl2NO3S/c1-21(19,20)9-6-7-11(15)10(8-9)14(18)17-13-5-3-2-4-12(13)16/h2-8H,1H3,(H,17,18). The molecule has 0 spiro atoms. The highest BCUT2D eigenvalue weighted by molar-refractivity contribution is 7.90. The lowest BCUT2D eigenvalue weighted by molar-refractivity contribution is 0.102. The van der Waals surface area contributed by atoms with Gasteiger partial charge in [0.15, 0.2) is 9.84 Å². The monoisotopic (exact) mass is 343 g/mol. The summed E-state index contributed by atoms with van der Waals surface area (Å²) < 4.78 is 23.1. The highest BCUT2D eigenvalue weighted by Crippen LogP contribution is 2.24. The van der Waals surface area contributed by atoms with Crippen LogP contribution in [0.25, 0.3) is 0 Å². The van der Waals surface area contributed by atoms with Crippen LogP contribution < -0.4 is 5.32 Å². The molecule has 2 aromatic carbocycles. The van der Waals surface area contributed by atoms with Crippen LogP contribution in [-0.2, 0) is 9.84 Å². The van der Waals surface area contributed by atoms with E-state index in [2.05, 4.69) is 5.32 Å². The van der Waals surface area contributed by atoms with E-state index < -0.39 is 15.7 Å². The first-order valence-corrected chi connectivity index (χ1v) is 8.49. The first kappa shape index (κ1) is 15.8. The van der Waals surface area contributed by atoms with E-state index in [0.717, 1.165) is 6.26 Å². The fraction of sp³-hybridized carbons (Fsp3) is 0.0714. The Labute approximate surface area is 132 Å². The minimum Gasteiger partial charge on any atom is -0.321 e. The fourth-order valence-electron chi connectivity index (χ4n) is 1.66. The van der Waals surface area contributed by atoms with Crippen LogP contribution in [0.2, 0.25) is 10.0 Å². The predicted molar refractivity (Wildman–Crippen MR) is 84.0 cm³/mol. The molecular formula is C14H11Cl2NO3S. The predicted octanol–water partition coefficient (Wildman–Crippen LogP) is 3.65. The zero-order chi connectivity index (χ0) is 15.6. The highest BCUT2D eigenvalue weighted by atomic mass is 35.5. The molecule has 0 atom stereocenters. The van der Waals surface area contributed by atoms with Gasteiger partial charge in [-0.3, -0.25) is 4.79 Å². The molecule has 21 heavy (non-hydrogen) atoms. The SMILES string of the molecule is CS(=O)(=O)c1ccc(Cl)c(C(=O)Nc2ccccc2Cl)c1. The number of para-hydroxylation sites is 1. The first-order chi connectivity index (χ1) is 9.79. The van der Waals surface area contributed by atoms with Crippen molar-refractivity contribution < 1.29 is 13.2 Å². The number of carbonyl (C=O) groups is 1. The van der Waals surface area contributed by atoms with Gasteiger partial charge < -0.3 is 5.32 Å². The zero-order valence-electron chi connectivity index (χ0n) is 10.9. The molecule has 2 rings (SSSR count). The number of nitrogens with one attached hydrogen (secondary N) is 1. The zero-order valence-corrected chi connectivity index (χ0v) is 13.3. The molecule has 7 heteroatoms. The van der Waals surface area contributed by atoms with Crippen molar-refractivity contribution >= 4 is 44.6 Å². The lowest BCUT2D eigenvalue weighted by atomic mass is 10.2. The second kappa shape index (κ2) is 6.05. The van der Waals surface area contributed by atoms with Crippen LogP contribution in [0.1, 0.15) is 10.4 Å². The molecule has 1 amide bonds. The van der Waals surface area contributed by atoms with E-state index in [1.54, 1.807) is 24.3 Å². The molecule has 0 fully saturated rings. The van der Waals surface area contributed by atoms with Gasteiger partial charge in [0.1, 0.15) is 0 Å². The molecular weight excluding hydrogens is 333 g/mol. The number of hydrogen-bond acceptors (Lipinski definition) is 3. The van der Waals surface area contributed by atoms with E-state index in [9.17, 15) is 13.2 Å². The number of benzene rings is 2. The summed E-state index contributed by atoms with van der Waals surface area (Å²) in [5.41, 5.74) is 0.490. The Kier molecular flexibility index (Phi) is 4.56. The number of halogens is 2. The lowest BCUT2D eigenvalue weighted by Gasteiger charge is -2.09. The number of anilines is 1. The summed E-state index contributed by atoms with van der Waals surface area (Å²) in [6.07, 6.45) is 1.06. The average molecular weight is 344 g/mol. The molecule has 0 bridgehead atoms. The minimum absolute atomic E-state index is 0.0243. The molecule has 0 aromatic heterocycles. The summed E-state index contributed by atoms with van der Waals surface area (Å²) in [6.45, 7) is 0. The van der Waals surface area contributed by atoms with Crippen molar-refractivity contribution in [1.82, 2.24) is 0 Å². The van der Waals surface area contributed by atoms with Crippen molar-refractivity contribution in [3.63, 3.8) is 0 Å². The van der Waals surface area contributed by atoms with Crippen LogP contribution in [0.15, 0.2) is 47.4 Å². The van der Waals surface area contributed by atoms with Crippen molar-refractivity contribution in [2.45, 2.75) is 4.90 Å². The molecule has 0 saturated carbocycles. The summed E-state index contributed by atoms with van der Waals surface area (Å²) >= 11 is 11.9. The highest BCUT2D eigenvalue weighted by Gasteiger charge is 2.16. The molecule has 0 aliphatic heterocycles. The van der Waals surface area contributed by atoms with Gasteiger partial charge in [0, 0.05) is 6.26 Å². The van der Waals surface area contributed by atoms with E-state index >= 15 is 0 Å². The number of rotatable bonds is 3. The van der Waals surface area contributed by atoms with Gasteiger partial charge in [-0.05, 0) is 30.3 Å². The molecule has 0 aliphatic carbocycles. The van der Waals surface area contributed by atoms with Gasteiger partial charge in [-0.15, -0.1) is 0 Å². The third kappa shape index (κ3) is 3.75. The van der Waals surface area contributed by atoms with Crippen LogP contribution >= 0.6 is 23.2 Å². The maximum absolute atomic E-state index is 12.2. The maximum Gasteiger partial charge on any atom is 0.257 e. The topological polar surface area (TPSA) is 63.2 Å². The summed E-state index contributed by atoms with van der Waals surface area (Å²) in [5.74, 6) is -0.529. The lowest BCUT2D eigenvalue weighted by Crippen LogP contribution is -2.13. The van der Waals surface area contributed by atoms with Crippen molar-refractivity contribution in [2.24, 2.45) is 0 Å². The fourth-order valence-corrected chi connectivity index (χ4v) is 2.69. The van der Waals surface area contributed by atoms with Crippen molar-refractivity contribution in [2.75, 3.05) is 11.6 Å². The summed E-state index contributed by atoms with van der Waals surface area (Å²) in [4.78, 5) is 12.2. The number of hydrogen-bond donors (Lipinski definition) is 1. The Morgan fingerprint density at radius 1 is 1.05 bits per heavy atom. The Hall–Kier alpha value is -1.56. The normalized spacial score (nSPS) is 11.2. The summed E-state index contributed by atoms with van der Waals surface area (Å²) in [7, 11) is -3.42. The van der Waals surface area contributed by atoms with Crippen LogP contribution in [0.5, 0.6) is 0 Å². The van der Waals surface area contributed by atoms with Gasteiger partial charge in [0.05, 0.1) is 26.2 Å². The van der Waals surface area contributed by atoms with Crippen LogP contribution in [-0.4, -0.2) is 20.6 Å². The Morgan fingerprint density at radius 3 is 2.33 bits per heavy atom. The maximum atomic E-state index is 12.2. The van der Waals surface area contributed by atoms with Crippen LogP contribution in [0.3, 0.4) is 0 Å². The van der Waals surface area contributed by atoms with E-state index in [1.807, 2.05) is 0 Å². The van der Waals surface area contributed by atoms with E-state index in [-0.39, 0.29) is 15.5 Å². The van der Waals surface area contributed by atoms with Gasteiger partial charge >= 0.3 is 0 Å². The largest absolute Gasteiger partial charge is 0.321 e. The van der Waals surface area contributed by atoms with Crippen LogP contribution in [0.4, 0.5) is 5.69 Å². The van der Waals surface area contributed by atoms with E-state index in [4.69, 9.17) is 23.2 Å². The molecule has 110 valence electrons. The molecule has 4 nitrogen and oxygen atoms in total. The Morgan fingerprint density at radius 2 is 1.71 bits per heavy atom. The third-order valence-corrected chi connectivity index (χ3v) is 4.50. The quantitative estimate of drug-likeness (QED) is 0.924. The number of amides is 1. The number of sulfone groups is 1. The molecule has 1 N–H and O–H groups in total. The van der Waals surface area contributed by atoms with Crippen LogP contribution in [0, 0.1) is 0 Å².